The van der Waals surface area contributed by atoms with Crippen molar-refractivity contribution in [3.8, 4) is 5.75 Å². The number of carbonyl (C=O) groups is 1. The number of nitrogens with zero attached hydrogens (tertiary/aromatic N) is 1. The van der Waals surface area contributed by atoms with Gasteiger partial charge in [-0.2, -0.15) is 8.78 Å². The maximum absolute atomic E-state index is 16.4. The Morgan fingerprint density at radius 3 is 2.65 bits per heavy atom. The molecule has 9 heteroatoms. The van der Waals surface area contributed by atoms with Crippen LogP contribution in [0.5, 0.6) is 5.75 Å². The summed E-state index contributed by atoms with van der Waals surface area (Å²) >= 11 is 0. The Hall–Kier alpha value is -3.04. The molecule has 0 spiro atoms. The van der Waals surface area contributed by atoms with E-state index < -0.39 is 24.7 Å². The number of likely N-dealkylation sites (tertiary alicyclic amines) is 1. The van der Waals surface area contributed by atoms with Crippen LogP contribution in [0.15, 0.2) is 42.6 Å². The highest BCUT2D eigenvalue weighted by Gasteiger charge is 2.49. The third-order valence-electron chi connectivity index (χ3n) is 6.41. The predicted molar refractivity (Wildman–Crippen MR) is 121 cm³/mol. The second-order valence-corrected chi connectivity index (χ2v) is 8.42. The molecule has 6 nitrogen and oxygen atoms in total. The van der Waals surface area contributed by atoms with Crippen LogP contribution in [-0.4, -0.2) is 54.0 Å². The molecule has 1 aliphatic heterocycles. The van der Waals surface area contributed by atoms with Crippen molar-refractivity contribution in [2.24, 2.45) is 0 Å². The highest BCUT2D eigenvalue weighted by Crippen LogP contribution is 2.49. The van der Waals surface area contributed by atoms with E-state index in [2.05, 4.69) is 4.98 Å². The standard InChI is InChI=1S/C25H27F3N2O4/c1-15-13-21(33-2)22(19-7-10-29-23(15)19)25(27,28)30-11-8-18(34-12-9-26)14-20(30)16-3-5-17(6-4-16)24(31)32/h3-7,10,13,18,20,29H,8-9,11-12,14H2,1-2H3,(H,31,32)/t18-,20-/m0/s1. The largest absolute Gasteiger partial charge is 0.496 e. The number of piperidine rings is 1. The molecule has 4 rings (SSSR count). The van der Waals surface area contributed by atoms with Crippen molar-refractivity contribution in [1.29, 1.82) is 0 Å². The van der Waals surface area contributed by atoms with E-state index in [1.165, 1.54) is 19.2 Å². The molecule has 0 bridgehead atoms. The monoisotopic (exact) mass is 476 g/mol. The minimum absolute atomic E-state index is 0.00174. The first-order valence-electron chi connectivity index (χ1n) is 11.1. The third-order valence-corrected chi connectivity index (χ3v) is 6.41. The fourth-order valence-corrected chi connectivity index (χ4v) is 4.79. The van der Waals surface area contributed by atoms with E-state index in [4.69, 9.17) is 9.47 Å². The molecule has 1 fully saturated rings. The van der Waals surface area contributed by atoms with Crippen LogP contribution in [0.25, 0.3) is 10.9 Å². The van der Waals surface area contributed by atoms with Crippen molar-refractivity contribution < 1.29 is 32.5 Å². The molecule has 0 aliphatic carbocycles. The Balaban J connectivity index is 1.78. The van der Waals surface area contributed by atoms with Gasteiger partial charge in [0.05, 0.1) is 30.9 Å². The van der Waals surface area contributed by atoms with E-state index in [-0.39, 0.29) is 42.6 Å². The summed E-state index contributed by atoms with van der Waals surface area (Å²) in [5.41, 5.74) is 1.77. The number of benzene rings is 2. The van der Waals surface area contributed by atoms with Gasteiger partial charge in [0.15, 0.2) is 0 Å². The number of fused-ring (bicyclic) bond motifs is 1. The number of methoxy groups -OCH3 is 1. The van der Waals surface area contributed by atoms with Crippen molar-refractivity contribution in [2.75, 3.05) is 26.9 Å². The molecule has 1 aromatic heterocycles. The lowest BCUT2D eigenvalue weighted by molar-refractivity contribution is -0.196. The normalized spacial score (nSPS) is 19.4. The molecule has 2 atom stereocenters. The summed E-state index contributed by atoms with van der Waals surface area (Å²) in [6.07, 6.45) is 1.76. The van der Waals surface area contributed by atoms with Gasteiger partial charge in [0.25, 0.3) is 0 Å². The van der Waals surface area contributed by atoms with Gasteiger partial charge in [-0.05, 0) is 55.2 Å². The number of aryl methyl sites for hydroxylation is 1. The fraction of sp³-hybridized carbons (Fsp3) is 0.400. The van der Waals surface area contributed by atoms with E-state index in [9.17, 15) is 14.3 Å². The van der Waals surface area contributed by atoms with Crippen molar-refractivity contribution in [1.82, 2.24) is 9.88 Å². The molecule has 0 saturated carbocycles. The summed E-state index contributed by atoms with van der Waals surface area (Å²) in [6, 6.07) is 4.91. The van der Waals surface area contributed by atoms with E-state index >= 15 is 8.78 Å². The summed E-state index contributed by atoms with van der Waals surface area (Å²) in [5, 5.41) is 9.59. The predicted octanol–water partition coefficient (Wildman–Crippen LogP) is 5.42. The molecule has 182 valence electrons. The number of aromatic nitrogens is 1. The lowest BCUT2D eigenvalue weighted by Gasteiger charge is -2.44. The van der Waals surface area contributed by atoms with Crippen LogP contribution in [0.3, 0.4) is 0 Å². The number of carboxylic acids is 1. The second kappa shape index (κ2) is 9.68. The first kappa shape index (κ1) is 24.1. The average molecular weight is 476 g/mol. The van der Waals surface area contributed by atoms with E-state index in [1.807, 2.05) is 6.92 Å². The number of aromatic carboxylic acids is 1. The number of hydrogen-bond donors (Lipinski definition) is 2. The average Bonchev–Trinajstić information content (AvgIpc) is 3.32. The molecular formula is C25H27F3N2O4. The molecule has 1 aliphatic rings. The van der Waals surface area contributed by atoms with Gasteiger partial charge in [-0.1, -0.05) is 12.1 Å². The highest BCUT2D eigenvalue weighted by atomic mass is 19.3. The molecule has 3 aromatic rings. The Labute approximate surface area is 195 Å². The smallest absolute Gasteiger partial charge is 0.336 e. The van der Waals surface area contributed by atoms with Gasteiger partial charge in [0, 0.05) is 29.7 Å². The molecule has 1 saturated heterocycles. The first-order chi connectivity index (χ1) is 16.3. The first-order valence-corrected chi connectivity index (χ1v) is 11.1. The number of hydrogen-bond acceptors (Lipinski definition) is 4. The van der Waals surface area contributed by atoms with E-state index in [0.717, 1.165) is 10.5 Å². The second-order valence-electron chi connectivity index (χ2n) is 8.42. The molecule has 2 aromatic carbocycles. The van der Waals surface area contributed by atoms with Crippen LogP contribution >= 0.6 is 0 Å². The summed E-state index contributed by atoms with van der Waals surface area (Å²) in [6.45, 7) is 1.07. The highest BCUT2D eigenvalue weighted by molar-refractivity contribution is 5.89. The van der Waals surface area contributed by atoms with Gasteiger partial charge in [-0.15, -0.1) is 0 Å². The molecule has 2 N–H and O–H groups in total. The van der Waals surface area contributed by atoms with Crippen molar-refractivity contribution in [3.63, 3.8) is 0 Å². The fourth-order valence-electron chi connectivity index (χ4n) is 4.79. The van der Waals surface area contributed by atoms with Gasteiger partial charge in [0.1, 0.15) is 12.4 Å². The van der Waals surface area contributed by atoms with Crippen molar-refractivity contribution >= 4 is 16.9 Å². The quantitative estimate of drug-likeness (QED) is 0.425. The molecular weight excluding hydrogens is 449 g/mol. The molecule has 0 unspecified atom stereocenters. The number of rotatable bonds is 8. The number of alkyl halides is 3. The van der Waals surface area contributed by atoms with Crippen LogP contribution in [0.1, 0.15) is 45.9 Å². The number of nitrogens with one attached hydrogen (secondary N) is 1. The van der Waals surface area contributed by atoms with Crippen LogP contribution in [0.4, 0.5) is 13.2 Å². The van der Waals surface area contributed by atoms with Gasteiger partial charge in [-0.3, -0.25) is 0 Å². The summed E-state index contributed by atoms with van der Waals surface area (Å²) in [4.78, 5) is 15.4. The Bertz CT molecular complexity index is 1160. The number of ether oxygens (including phenoxy) is 2. The SMILES string of the molecule is COc1cc(C)c2[nH]ccc2c1C(F)(F)N1CC[C@H](OCCF)C[C@H]1c1ccc(C(=O)O)cc1. The number of aromatic amines is 1. The van der Waals surface area contributed by atoms with Crippen LogP contribution in [0.2, 0.25) is 0 Å². The topological polar surface area (TPSA) is 74.8 Å². The van der Waals surface area contributed by atoms with E-state index in [1.54, 1.807) is 30.5 Å². The number of halogens is 3. The van der Waals surface area contributed by atoms with E-state index in [0.29, 0.717) is 22.9 Å². The maximum Gasteiger partial charge on any atom is 0.336 e. The Morgan fingerprint density at radius 2 is 2.00 bits per heavy atom. The molecule has 0 radical (unpaired) electrons. The lowest BCUT2D eigenvalue weighted by Crippen LogP contribution is -2.48. The van der Waals surface area contributed by atoms with Crippen LogP contribution < -0.4 is 4.74 Å². The molecule has 2 heterocycles. The number of H-pyrrole nitrogens is 1. The summed E-state index contributed by atoms with van der Waals surface area (Å²) in [5.74, 6) is -1.01. The van der Waals surface area contributed by atoms with Crippen LogP contribution in [-0.2, 0) is 10.8 Å². The van der Waals surface area contributed by atoms with Crippen molar-refractivity contribution in [2.45, 2.75) is 38.0 Å². The maximum atomic E-state index is 16.4. The minimum Gasteiger partial charge on any atom is -0.496 e. The van der Waals surface area contributed by atoms with Gasteiger partial charge in [0.2, 0.25) is 0 Å². The van der Waals surface area contributed by atoms with Crippen LogP contribution in [0, 0.1) is 6.92 Å². The van der Waals surface area contributed by atoms with Crippen molar-refractivity contribution in [3.05, 3.63) is 64.8 Å². The molecule has 0 amide bonds. The zero-order valence-electron chi connectivity index (χ0n) is 19.0. The number of carboxylic acid groups (broad SMARTS) is 1. The van der Waals surface area contributed by atoms with Gasteiger partial charge >= 0.3 is 12.0 Å². The van der Waals surface area contributed by atoms with Gasteiger partial charge in [-0.25, -0.2) is 14.1 Å². The third kappa shape index (κ3) is 4.37. The molecule has 34 heavy (non-hydrogen) atoms. The zero-order valence-corrected chi connectivity index (χ0v) is 19.0. The Kier molecular flexibility index (Phi) is 6.86. The summed E-state index contributed by atoms with van der Waals surface area (Å²) in [7, 11) is 1.37. The summed E-state index contributed by atoms with van der Waals surface area (Å²) < 4.78 is 56.4. The van der Waals surface area contributed by atoms with Gasteiger partial charge < -0.3 is 19.6 Å². The Morgan fingerprint density at radius 1 is 1.26 bits per heavy atom. The zero-order chi connectivity index (χ0) is 24.5. The lowest BCUT2D eigenvalue weighted by atomic mass is 9.90. The minimum atomic E-state index is -3.42.